The molecule has 0 spiro atoms. The van der Waals surface area contributed by atoms with Crippen LogP contribution >= 0.6 is 11.3 Å². The second kappa shape index (κ2) is 8.90. The number of carbonyl (C=O) groups excluding carboxylic acids is 1. The standard InChI is InChI=1S/C18H26N4O3S2/c1-6-22(7-2)27(24,25)14-9-8-13(5)15(11-14)17(23)19-18-21-20-16(26-18)10-12(3)4/h8-9,11-12H,6-7,10H2,1-5H3,(H,19,21,23). The van der Waals surface area contributed by atoms with E-state index in [9.17, 15) is 13.2 Å². The van der Waals surface area contributed by atoms with Gasteiger partial charge in [-0.1, -0.05) is 45.1 Å². The van der Waals surface area contributed by atoms with Gasteiger partial charge in [0.1, 0.15) is 5.01 Å². The number of nitrogens with zero attached hydrogens (tertiary/aromatic N) is 3. The molecule has 0 atom stereocenters. The Morgan fingerprint density at radius 3 is 2.48 bits per heavy atom. The summed E-state index contributed by atoms with van der Waals surface area (Å²) >= 11 is 1.33. The topological polar surface area (TPSA) is 92.3 Å². The van der Waals surface area contributed by atoms with Gasteiger partial charge in [-0.15, -0.1) is 10.2 Å². The van der Waals surface area contributed by atoms with Gasteiger partial charge in [-0.2, -0.15) is 4.31 Å². The molecule has 2 aromatic rings. The molecular weight excluding hydrogens is 384 g/mol. The van der Waals surface area contributed by atoms with E-state index < -0.39 is 15.9 Å². The van der Waals surface area contributed by atoms with Crippen molar-refractivity contribution < 1.29 is 13.2 Å². The van der Waals surface area contributed by atoms with Crippen LogP contribution < -0.4 is 5.32 Å². The molecule has 7 nitrogen and oxygen atoms in total. The second-order valence-corrected chi connectivity index (χ2v) is 9.62. The first-order chi connectivity index (χ1) is 12.7. The van der Waals surface area contributed by atoms with Crippen molar-refractivity contribution >= 4 is 32.4 Å². The van der Waals surface area contributed by atoms with Crippen LogP contribution in [0.1, 0.15) is 48.6 Å². The quantitative estimate of drug-likeness (QED) is 0.721. The number of amides is 1. The Labute approximate surface area is 164 Å². The Morgan fingerprint density at radius 1 is 1.22 bits per heavy atom. The van der Waals surface area contributed by atoms with Crippen molar-refractivity contribution in [2.75, 3.05) is 18.4 Å². The highest BCUT2D eigenvalue weighted by Gasteiger charge is 2.23. The first-order valence-electron chi connectivity index (χ1n) is 8.93. The third-order valence-corrected chi connectivity index (χ3v) is 6.97. The monoisotopic (exact) mass is 410 g/mol. The summed E-state index contributed by atoms with van der Waals surface area (Å²) in [5, 5.41) is 12.1. The summed E-state index contributed by atoms with van der Waals surface area (Å²) in [5.74, 6) is 0.0575. The molecule has 27 heavy (non-hydrogen) atoms. The Bertz CT molecular complexity index is 903. The molecule has 1 aromatic heterocycles. The van der Waals surface area contributed by atoms with Crippen LogP contribution in [0.4, 0.5) is 5.13 Å². The highest BCUT2D eigenvalue weighted by molar-refractivity contribution is 7.89. The van der Waals surface area contributed by atoms with Gasteiger partial charge in [0.25, 0.3) is 5.91 Å². The van der Waals surface area contributed by atoms with E-state index >= 15 is 0 Å². The first-order valence-corrected chi connectivity index (χ1v) is 11.2. The fourth-order valence-electron chi connectivity index (χ4n) is 2.62. The van der Waals surface area contributed by atoms with Crippen LogP contribution in [0.5, 0.6) is 0 Å². The van der Waals surface area contributed by atoms with Crippen LogP contribution in [-0.2, 0) is 16.4 Å². The molecular formula is C18H26N4O3S2. The van der Waals surface area contributed by atoms with E-state index in [1.807, 2.05) is 0 Å². The normalized spacial score (nSPS) is 12.0. The molecule has 0 radical (unpaired) electrons. The summed E-state index contributed by atoms with van der Waals surface area (Å²) in [4.78, 5) is 12.8. The molecule has 0 aliphatic carbocycles. The Kier molecular flexibility index (Phi) is 7.07. The summed E-state index contributed by atoms with van der Waals surface area (Å²) in [6.45, 7) is 10.3. The third kappa shape index (κ3) is 5.12. The van der Waals surface area contributed by atoms with E-state index in [1.54, 1.807) is 26.8 Å². The van der Waals surface area contributed by atoms with E-state index in [2.05, 4.69) is 29.4 Å². The van der Waals surface area contributed by atoms with Gasteiger partial charge in [0.2, 0.25) is 15.2 Å². The minimum Gasteiger partial charge on any atom is -0.296 e. The van der Waals surface area contributed by atoms with Gasteiger partial charge in [0, 0.05) is 25.1 Å². The van der Waals surface area contributed by atoms with E-state index in [0.29, 0.717) is 35.3 Å². The maximum atomic E-state index is 12.7. The minimum atomic E-state index is -3.63. The lowest BCUT2D eigenvalue weighted by atomic mass is 10.1. The maximum Gasteiger partial charge on any atom is 0.257 e. The van der Waals surface area contributed by atoms with Crippen molar-refractivity contribution in [1.29, 1.82) is 0 Å². The number of sulfonamides is 1. The minimum absolute atomic E-state index is 0.111. The number of hydrogen-bond donors (Lipinski definition) is 1. The molecule has 9 heteroatoms. The zero-order valence-electron chi connectivity index (χ0n) is 16.3. The largest absolute Gasteiger partial charge is 0.296 e. The van der Waals surface area contributed by atoms with Gasteiger partial charge < -0.3 is 0 Å². The maximum absolute atomic E-state index is 12.7. The van der Waals surface area contributed by atoms with E-state index in [0.717, 1.165) is 11.4 Å². The van der Waals surface area contributed by atoms with Crippen LogP contribution in [-0.4, -0.2) is 41.9 Å². The van der Waals surface area contributed by atoms with Crippen molar-refractivity contribution in [2.24, 2.45) is 5.92 Å². The lowest BCUT2D eigenvalue weighted by Gasteiger charge is -2.19. The number of aromatic nitrogens is 2. The molecule has 0 fully saturated rings. The van der Waals surface area contributed by atoms with Crippen molar-refractivity contribution in [3.8, 4) is 0 Å². The molecule has 2 rings (SSSR count). The molecule has 0 saturated carbocycles. The molecule has 0 aliphatic rings. The molecule has 1 N–H and O–H groups in total. The Hall–Kier alpha value is -1.84. The number of anilines is 1. The second-order valence-electron chi connectivity index (χ2n) is 6.62. The predicted molar refractivity (Wildman–Crippen MR) is 108 cm³/mol. The van der Waals surface area contributed by atoms with Crippen LogP contribution in [0.15, 0.2) is 23.1 Å². The molecule has 0 bridgehead atoms. The summed E-state index contributed by atoms with van der Waals surface area (Å²) in [6.07, 6.45) is 0.796. The molecule has 1 aromatic carbocycles. The van der Waals surface area contributed by atoms with Crippen LogP contribution in [0.3, 0.4) is 0 Å². The van der Waals surface area contributed by atoms with Crippen molar-refractivity contribution in [3.63, 3.8) is 0 Å². The van der Waals surface area contributed by atoms with Crippen molar-refractivity contribution in [3.05, 3.63) is 34.3 Å². The molecule has 148 valence electrons. The number of hydrogen-bond acceptors (Lipinski definition) is 6. The lowest BCUT2D eigenvalue weighted by Crippen LogP contribution is -2.30. The fourth-order valence-corrected chi connectivity index (χ4v) is 5.05. The number of benzene rings is 1. The smallest absolute Gasteiger partial charge is 0.257 e. The number of aryl methyl sites for hydroxylation is 1. The highest BCUT2D eigenvalue weighted by atomic mass is 32.2. The Balaban J connectivity index is 2.27. The van der Waals surface area contributed by atoms with Crippen molar-refractivity contribution in [2.45, 2.75) is 45.9 Å². The molecule has 0 saturated heterocycles. The summed E-state index contributed by atoms with van der Waals surface area (Å²) in [6, 6.07) is 4.61. The van der Waals surface area contributed by atoms with E-state index in [4.69, 9.17) is 0 Å². The zero-order valence-corrected chi connectivity index (χ0v) is 17.9. The van der Waals surface area contributed by atoms with Gasteiger partial charge in [-0.05, 0) is 30.5 Å². The molecule has 1 heterocycles. The highest BCUT2D eigenvalue weighted by Crippen LogP contribution is 2.22. The lowest BCUT2D eigenvalue weighted by molar-refractivity contribution is 0.102. The fraction of sp³-hybridized carbons (Fsp3) is 0.500. The van der Waals surface area contributed by atoms with Crippen molar-refractivity contribution in [1.82, 2.24) is 14.5 Å². The number of nitrogens with one attached hydrogen (secondary N) is 1. The summed E-state index contributed by atoms with van der Waals surface area (Å²) in [7, 11) is -3.63. The number of carbonyl (C=O) groups is 1. The number of rotatable bonds is 8. The van der Waals surface area contributed by atoms with Gasteiger partial charge in [0.05, 0.1) is 4.90 Å². The van der Waals surface area contributed by atoms with Gasteiger partial charge in [-0.3, -0.25) is 10.1 Å². The SMILES string of the molecule is CCN(CC)S(=O)(=O)c1ccc(C)c(C(=O)Nc2nnc(CC(C)C)s2)c1. The van der Waals surface area contributed by atoms with Crippen LogP contribution in [0.2, 0.25) is 0 Å². The van der Waals surface area contributed by atoms with Gasteiger partial charge in [0.15, 0.2) is 0 Å². The van der Waals surface area contributed by atoms with Crippen LogP contribution in [0, 0.1) is 12.8 Å². The predicted octanol–water partition coefficient (Wildman–Crippen LogP) is 3.33. The molecule has 0 aliphatic heterocycles. The summed E-state index contributed by atoms with van der Waals surface area (Å²) in [5.41, 5.74) is 1.00. The average Bonchev–Trinajstić information content (AvgIpc) is 3.01. The zero-order chi connectivity index (χ0) is 20.2. The third-order valence-electron chi connectivity index (χ3n) is 4.07. The Morgan fingerprint density at radius 2 is 1.89 bits per heavy atom. The first kappa shape index (κ1) is 21.5. The average molecular weight is 411 g/mol. The molecule has 0 unspecified atom stereocenters. The molecule has 1 amide bonds. The van der Waals surface area contributed by atoms with Gasteiger partial charge >= 0.3 is 0 Å². The van der Waals surface area contributed by atoms with E-state index in [1.165, 1.54) is 27.8 Å². The summed E-state index contributed by atoms with van der Waals surface area (Å²) < 4.78 is 26.8. The van der Waals surface area contributed by atoms with Gasteiger partial charge in [-0.25, -0.2) is 8.42 Å². The van der Waals surface area contributed by atoms with Crippen LogP contribution in [0.25, 0.3) is 0 Å². The van der Waals surface area contributed by atoms with E-state index in [-0.39, 0.29) is 4.90 Å².